The average Bonchev–Trinajstić information content (AvgIpc) is 2.38. The molecule has 1 N–H and O–H groups in total. The van der Waals surface area contributed by atoms with Crippen LogP contribution in [0, 0.1) is 5.92 Å². The molecule has 0 bridgehead atoms. The first-order valence-electron chi connectivity index (χ1n) is 7.70. The van der Waals surface area contributed by atoms with Gasteiger partial charge in [-0.2, -0.15) is 11.8 Å². The number of aliphatic hydroxyl groups excluding tert-OH is 1. The molecule has 0 aromatic carbocycles. The van der Waals surface area contributed by atoms with Gasteiger partial charge in [-0.25, -0.2) is 0 Å². The Morgan fingerprint density at radius 2 is 2.19 bits per heavy atom. The van der Waals surface area contributed by atoms with E-state index in [1.54, 1.807) is 0 Å². The fourth-order valence-electron chi connectivity index (χ4n) is 2.85. The summed E-state index contributed by atoms with van der Waals surface area (Å²) in [6.45, 7) is 6.34. The lowest BCUT2D eigenvalue weighted by molar-refractivity contribution is -0.116. The zero-order valence-corrected chi connectivity index (χ0v) is 14.3. The highest BCUT2D eigenvalue weighted by Crippen LogP contribution is 2.32. The summed E-state index contributed by atoms with van der Waals surface area (Å²) < 4.78 is 0. The van der Waals surface area contributed by atoms with Crippen LogP contribution in [0.25, 0.3) is 0 Å². The number of carbonyl (C=O) groups excluding carboxylic acids is 1. The van der Waals surface area contributed by atoms with Gasteiger partial charge in [0.15, 0.2) is 5.78 Å². The molecule has 4 nitrogen and oxygen atoms in total. The maximum absolute atomic E-state index is 12.4. The Morgan fingerprint density at radius 3 is 2.71 bits per heavy atom. The number of oxime groups is 1. The van der Waals surface area contributed by atoms with E-state index in [9.17, 15) is 9.90 Å². The van der Waals surface area contributed by atoms with Gasteiger partial charge in [0.25, 0.3) is 0 Å². The van der Waals surface area contributed by atoms with Crippen LogP contribution < -0.4 is 0 Å². The van der Waals surface area contributed by atoms with Gasteiger partial charge in [0.2, 0.25) is 0 Å². The van der Waals surface area contributed by atoms with E-state index >= 15 is 0 Å². The lowest BCUT2D eigenvalue weighted by Crippen LogP contribution is -2.26. The van der Waals surface area contributed by atoms with Crippen LogP contribution in [0.4, 0.5) is 0 Å². The molecule has 2 unspecified atom stereocenters. The molecule has 0 aliphatic heterocycles. The van der Waals surface area contributed by atoms with Gasteiger partial charge >= 0.3 is 0 Å². The van der Waals surface area contributed by atoms with Crippen molar-refractivity contribution in [2.24, 2.45) is 11.1 Å². The van der Waals surface area contributed by atoms with Crippen molar-refractivity contribution in [1.29, 1.82) is 0 Å². The average molecular weight is 313 g/mol. The summed E-state index contributed by atoms with van der Waals surface area (Å²) in [5, 5.41) is 14.7. The summed E-state index contributed by atoms with van der Waals surface area (Å²) in [4.78, 5) is 17.2. The molecule has 2 atom stereocenters. The highest BCUT2D eigenvalue weighted by atomic mass is 32.2. The molecule has 0 saturated heterocycles. The van der Waals surface area contributed by atoms with E-state index in [0.717, 1.165) is 18.6 Å². The molecule has 0 spiro atoms. The van der Waals surface area contributed by atoms with Crippen molar-refractivity contribution in [2.45, 2.75) is 58.1 Å². The van der Waals surface area contributed by atoms with E-state index in [-0.39, 0.29) is 17.5 Å². The minimum absolute atomic E-state index is 0.00157. The van der Waals surface area contributed by atoms with Crippen molar-refractivity contribution in [3.63, 3.8) is 0 Å². The van der Waals surface area contributed by atoms with Crippen LogP contribution in [0.3, 0.4) is 0 Å². The maximum atomic E-state index is 12.4. The Hall–Kier alpha value is -0.970. The van der Waals surface area contributed by atoms with Gasteiger partial charge < -0.3 is 9.94 Å². The van der Waals surface area contributed by atoms with Gasteiger partial charge in [-0.05, 0) is 24.5 Å². The Kier molecular flexibility index (Phi) is 7.86. The van der Waals surface area contributed by atoms with Crippen molar-refractivity contribution in [1.82, 2.24) is 0 Å². The Labute approximate surface area is 132 Å². The number of carbonyl (C=O) groups is 1. The number of hydrogen-bond donors (Lipinski definition) is 1. The molecule has 1 aliphatic rings. The van der Waals surface area contributed by atoms with Crippen LogP contribution in [0.1, 0.15) is 52.9 Å². The molecule has 0 amide bonds. The van der Waals surface area contributed by atoms with Crippen molar-refractivity contribution in [2.75, 3.05) is 12.9 Å². The van der Waals surface area contributed by atoms with E-state index in [4.69, 9.17) is 4.84 Å². The lowest BCUT2D eigenvalue weighted by atomic mass is 9.82. The number of ketones is 1. The standard InChI is InChI=1S/C16H27NO3S/c1-5-7-13(17-20-4)16-14(18)9-12(10-15(16)19)8-11(3)21-6-2/h11-12,18H,5-10H2,1-4H3/b17-13-. The molecule has 0 aromatic heterocycles. The smallest absolute Gasteiger partial charge is 0.168 e. The van der Waals surface area contributed by atoms with E-state index < -0.39 is 0 Å². The van der Waals surface area contributed by atoms with Crippen LogP contribution in [0.2, 0.25) is 0 Å². The second-order valence-corrected chi connectivity index (χ2v) is 7.21. The second kappa shape index (κ2) is 9.13. The van der Waals surface area contributed by atoms with Crippen LogP contribution in [-0.4, -0.2) is 34.7 Å². The minimum Gasteiger partial charge on any atom is -0.511 e. The number of allylic oxidation sites excluding steroid dienone is 2. The lowest BCUT2D eigenvalue weighted by Gasteiger charge is -2.25. The number of nitrogens with zero attached hydrogens (tertiary/aromatic N) is 1. The van der Waals surface area contributed by atoms with Crippen molar-refractivity contribution < 1.29 is 14.7 Å². The fourth-order valence-corrected chi connectivity index (χ4v) is 3.83. The van der Waals surface area contributed by atoms with Gasteiger partial charge in [-0.15, -0.1) is 0 Å². The number of aliphatic hydroxyl groups is 1. The van der Waals surface area contributed by atoms with E-state index in [0.29, 0.717) is 35.8 Å². The zero-order valence-electron chi connectivity index (χ0n) is 13.5. The van der Waals surface area contributed by atoms with Gasteiger partial charge in [0, 0.05) is 18.1 Å². The summed E-state index contributed by atoms with van der Waals surface area (Å²) >= 11 is 1.90. The molecule has 120 valence electrons. The summed E-state index contributed by atoms with van der Waals surface area (Å²) in [6, 6.07) is 0. The third-order valence-corrected chi connectivity index (χ3v) is 4.71. The summed E-state index contributed by atoms with van der Waals surface area (Å²) in [5.41, 5.74) is 0.975. The van der Waals surface area contributed by atoms with Gasteiger partial charge in [-0.3, -0.25) is 4.79 Å². The third-order valence-electron chi connectivity index (χ3n) is 3.62. The SMILES string of the molecule is CCC/C(=N/OC)C1=C(O)CC(CC(C)SCC)CC1=O. The summed E-state index contributed by atoms with van der Waals surface area (Å²) in [5.74, 6) is 1.51. The Morgan fingerprint density at radius 1 is 1.48 bits per heavy atom. The summed E-state index contributed by atoms with van der Waals surface area (Å²) in [6.07, 6.45) is 3.54. The quantitative estimate of drug-likeness (QED) is 0.541. The zero-order chi connectivity index (χ0) is 15.8. The normalized spacial score (nSPS) is 21.6. The first kappa shape index (κ1) is 18.1. The van der Waals surface area contributed by atoms with Crippen LogP contribution >= 0.6 is 11.8 Å². The molecule has 1 aliphatic carbocycles. The van der Waals surface area contributed by atoms with Crippen molar-refractivity contribution >= 4 is 23.3 Å². The fraction of sp³-hybridized carbons (Fsp3) is 0.750. The Balaban J connectivity index is 2.84. The minimum atomic E-state index is 0.00157. The number of rotatable bonds is 8. The first-order valence-corrected chi connectivity index (χ1v) is 8.75. The highest BCUT2D eigenvalue weighted by molar-refractivity contribution is 7.99. The Bertz CT molecular complexity index is 418. The molecular formula is C16H27NO3S. The molecule has 0 radical (unpaired) electrons. The predicted octanol–water partition coefficient (Wildman–Crippen LogP) is 4.11. The summed E-state index contributed by atoms with van der Waals surface area (Å²) in [7, 11) is 1.47. The van der Waals surface area contributed by atoms with Gasteiger partial charge in [0.1, 0.15) is 12.9 Å². The molecule has 21 heavy (non-hydrogen) atoms. The first-order chi connectivity index (χ1) is 10.0. The van der Waals surface area contributed by atoms with E-state index in [2.05, 4.69) is 19.0 Å². The number of Topliss-reactive ketones (excluding diaryl/α,β-unsaturated/α-hetero) is 1. The van der Waals surface area contributed by atoms with Crippen molar-refractivity contribution in [3.8, 4) is 0 Å². The maximum Gasteiger partial charge on any atom is 0.168 e. The van der Waals surface area contributed by atoms with Gasteiger partial charge in [-0.1, -0.05) is 32.3 Å². The molecule has 0 fully saturated rings. The van der Waals surface area contributed by atoms with E-state index in [1.807, 2.05) is 18.7 Å². The number of hydrogen-bond acceptors (Lipinski definition) is 5. The largest absolute Gasteiger partial charge is 0.511 e. The molecular weight excluding hydrogens is 286 g/mol. The predicted molar refractivity (Wildman–Crippen MR) is 88.9 cm³/mol. The second-order valence-electron chi connectivity index (χ2n) is 5.49. The molecule has 0 aromatic rings. The molecule has 0 heterocycles. The number of thioether (sulfide) groups is 1. The van der Waals surface area contributed by atoms with Crippen LogP contribution in [-0.2, 0) is 9.63 Å². The molecule has 5 heteroatoms. The third kappa shape index (κ3) is 5.38. The molecule has 1 rings (SSSR count). The molecule has 0 saturated carbocycles. The highest BCUT2D eigenvalue weighted by Gasteiger charge is 2.31. The monoisotopic (exact) mass is 313 g/mol. The topological polar surface area (TPSA) is 58.9 Å². The van der Waals surface area contributed by atoms with Crippen molar-refractivity contribution in [3.05, 3.63) is 11.3 Å². The van der Waals surface area contributed by atoms with E-state index in [1.165, 1.54) is 7.11 Å². The van der Waals surface area contributed by atoms with Crippen LogP contribution in [0.15, 0.2) is 16.5 Å². The van der Waals surface area contributed by atoms with Gasteiger partial charge in [0.05, 0.1) is 11.3 Å². The van der Waals surface area contributed by atoms with Crippen LogP contribution in [0.5, 0.6) is 0 Å².